The summed E-state index contributed by atoms with van der Waals surface area (Å²) in [5.41, 5.74) is 0.286. The number of carbonyl (C=O) groups is 1. The van der Waals surface area contributed by atoms with Gasteiger partial charge >= 0.3 is 11.7 Å². The van der Waals surface area contributed by atoms with Crippen LogP contribution < -0.4 is 11.2 Å². The van der Waals surface area contributed by atoms with Crippen molar-refractivity contribution in [1.29, 1.82) is 0 Å². The molecule has 0 fully saturated rings. The maximum Gasteiger partial charge on any atom is 0.332 e. The molecule has 0 unspecified atom stereocenters. The Labute approximate surface area is 167 Å². The van der Waals surface area contributed by atoms with Crippen molar-refractivity contribution in [2.75, 3.05) is 0 Å². The minimum absolute atomic E-state index is 0.397. The summed E-state index contributed by atoms with van der Waals surface area (Å²) in [6, 6.07) is 9.84. The molecule has 0 saturated carbocycles. The Morgan fingerprint density at radius 3 is 2.43 bits per heavy atom. The number of nitrogens with zero attached hydrogens (tertiary/aromatic N) is 2. The second-order valence-corrected chi connectivity index (χ2v) is 8.60. The Morgan fingerprint density at radius 1 is 1.11 bits per heavy atom. The number of aryl methyl sites for hydroxylation is 3. The van der Waals surface area contributed by atoms with Gasteiger partial charge in [-0.25, -0.2) is 9.36 Å². The zero-order valence-electron chi connectivity index (χ0n) is 16.5. The van der Waals surface area contributed by atoms with Gasteiger partial charge in [-0.2, -0.15) is 0 Å². The number of esters is 1. The molecule has 0 radical (unpaired) electrons. The van der Waals surface area contributed by atoms with Gasteiger partial charge in [-0.15, -0.1) is 11.3 Å². The standard InChI is InChI=1S/C21H24N2O4S/c1-14-13-28-19-17(14)18(25)23(12-16(24)27-21(2,3)4)20(26)22(19)11-10-15-8-6-5-7-9-15/h5-9,13H,10-12H2,1-4H3. The summed E-state index contributed by atoms with van der Waals surface area (Å²) in [6.45, 7) is 7.11. The van der Waals surface area contributed by atoms with Crippen LogP contribution in [0.1, 0.15) is 31.9 Å². The molecule has 0 spiro atoms. The molecule has 3 rings (SSSR count). The zero-order chi connectivity index (χ0) is 20.5. The molecule has 0 aliphatic heterocycles. The molecule has 0 N–H and O–H groups in total. The largest absolute Gasteiger partial charge is 0.459 e. The third kappa shape index (κ3) is 4.25. The summed E-state index contributed by atoms with van der Waals surface area (Å²) >= 11 is 1.38. The van der Waals surface area contributed by atoms with Crippen LogP contribution in [0, 0.1) is 6.92 Å². The number of fused-ring (bicyclic) bond motifs is 1. The number of thiophene rings is 1. The van der Waals surface area contributed by atoms with Crippen molar-refractivity contribution in [3.8, 4) is 0 Å². The lowest BCUT2D eigenvalue weighted by Crippen LogP contribution is -2.42. The number of rotatable bonds is 5. The average Bonchev–Trinajstić information content (AvgIpc) is 2.99. The van der Waals surface area contributed by atoms with Gasteiger partial charge < -0.3 is 4.74 Å². The highest BCUT2D eigenvalue weighted by atomic mass is 32.1. The van der Waals surface area contributed by atoms with E-state index in [1.165, 1.54) is 11.3 Å². The van der Waals surface area contributed by atoms with Gasteiger partial charge in [0, 0.05) is 6.54 Å². The highest BCUT2D eigenvalue weighted by molar-refractivity contribution is 7.17. The van der Waals surface area contributed by atoms with E-state index >= 15 is 0 Å². The maximum absolute atomic E-state index is 13.1. The van der Waals surface area contributed by atoms with Crippen LogP contribution in [0.15, 0.2) is 45.3 Å². The summed E-state index contributed by atoms with van der Waals surface area (Å²) in [5, 5.41) is 2.35. The SMILES string of the molecule is Cc1csc2c1c(=O)n(CC(=O)OC(C)(C)C)c(=O)n2CCc1ccccc1. The van der Waals surface area contributed by atoms with Crippen LogP contribution in [0.25, 0.3) is 10.2 Å². The lowest BCUT2D eigenvalue weighted by molar-refractivity contribution is -0.155. The predicted molar refractivity (Wildman–Crippen MR) is 111 cm³/mol. The summed E-state index contributed by atoms with van der Waals surface area (Å²) in [7, 11) is 0. The second kappa shape index (κ2) is 7.75. The average molecular weight is 401 g/mol. The minimum Gasteiger partial charge on any atom is -0.459 e. The Kier molecular flexibility index (Phi) is 5.56. The van der Waals surface area contributed by atoms with E-state index in [1.54, 1.807) is 25.3 Å². The molecule has 6 nitrogen and oxygen atoms in total. The lowest BCUT2D eigenvalue weighted by Gasteiger charge is -2.20. The Morgan fingerprint density at radius 2 is 1.79 bits per heavy atom. The zero-order valence-corrected chi connectivity index (χ0v) is 17.3. The van der Waals surface area contributed by atoms with Gasteiger partial charge in [0.1, 0.15) is 17.0 Å². The van der Waals surface area contributed by atoms with Gasteiger partial charge in [0.25, 0.3) is 5.56 Å². The fraction of sp³-hybridized carbons (Fsp3) is 0.381. The summed E-state index contributed by atoms with van der Waals surface area (Å²) in [6.07, 6.45) is 0.650. The molecule has 3 aromatic rings. The van der Waals surface area contributed by atoms with E-state index < -0.39 is 29.4 Å². The summed E-state index contributed by atoms with van der Waals surface area (Å²) in [4.78, 5) is 38.9. The van der Waals surface area contributed by atoms with Crippen LogP contribution in [-0.2, 0) is 29.0 Å². The number of benzene rings is 1. The first-order valence-corrected chi connectivity index (χ1v) is 10.0. The molecule has 7 heteroatoms. The summed E-state index contributed by atoms with van der Waals surface area (Å²) < 4.78 is 7.88. The van der Waals surface area contributed by atoms with Crippen molar-refractivity contribution in [1.82, 2.24) is 9.13 Å². The molecule has 148 valence electrons. The molecule has 0 saturated heterocycles. The van der Waals surface area contributed by atoms with Gasteiger partial charge in [-0.05, 0) is 50.6 Å². The normalized spacial score (nSPS) is 11.7. The topological polar surface area (TPSA) is 70.3 Å². The van der Waals surface area contributed by atoms with E-state index in [0.717, 1.165) is 15.7 Å². The molecular weight excluding hydrogens is 376 g/mol. The van der Waals surface area contributed by atoms with Crippen molar-refractivity contribution in [3.63, 3.8) is 0 Å². The first-order valence-electron chi connectivity index (χ1n) is 9.14. The molecule has 0 bridgehead atoms. The highest BCUT2D eigenvalue weighted by Crippen LogP contribution is 2.21. The Hall–Kier alpha value is -2.67. The molecule has 0 amide bonds. The quantitative estimate of drug-likeness (QED) is 0.617. The van der Waals surface area contributed by atoms with E-state index in [1.807, 2.05) is 42.6 Å². The van der Waals surface area contributed by atoms with Crippen molar-refractivity contribution in [2.45, 2.75) is 52.8 Å². The Bertz CT molecular complexity index is 1120. The highest BCUT2D eigenvalue weighted by Gasteiger charge is 2.21. The lowest BCUT2D eigenvalue weighted by atomic mass is 10.1. The second-order valence-electron chi connectivity index (χ2n) is 7.75. The smallest absolute Gasteiger partial charge is 0.332 e. The third-order valence-electron chi connectivity index (χ3n) is 4.30. The monoisotopic (exact) mass is 400 g/mol. The van der Waals surface area contributed by atoms with Gasteiger partial charge in [-0.1, -0.05) is 30.3 Å². The number of ether oxygens (including phenoxy) is 1. The molecular formula is C21H24N2O4S. The van der Waals surface area contributed by atoms with Crippen molar-refractivity contribution >= 4 is 27.5 Å². The van der Waals surface area contributed by atoms with Gasteiger partial charge in [0.2, 0.25) is 0 Å². The van der Waals surface area contributed by atoms with Crippen molar-refractivity contribution < 1.29 is 9.53 Å². The van der Waals surface area contributed by atoms with Gasteiger partial charge in [0.05, 0.1) is 5.39 Å². The molecule has 2 heterocycles. The van der Waals surface area contributed by atoms with Crippen molar-refractivity contribution in [2.24, 2.45) is 0 Å². The van der Waals surface area contributed by atoms with Crippen LogP contribution in [-0.4, -0.2) is 20.7 Å². The molecule has 0 atom stereocenters. The van der Waals surface area contributed by atoms with Crippen LogP contribution in [0.3, 0.4) is 0 Å². The van der Waals surface area contributed by atoms with Crippen LogP contribution in [0.4, 0.5) is 0 Å². The number of hydrogen-bond acceptors (Lipinski definition) is 5. The number of aromatic nitrogens is 2. The van der Waals surface area contributed by atoms with E-state index in [2.05, 4.69) is 0 Å². The Balaban J connectivity index is 2.04. The first-order chi connectivity index (χ1) is 13.2. The molecule has 1 aromatic carbocycles. The fourth-order valence-electron chi connectivity index (χ4n) is 3.07. The molecule has 2 aromatic heterocycles. The van der Waals surface area contributed by atoms with Crippen molar-refractivity contribution in [3.05, 3.63) is 67.7 Å². The third-order valence-corrected chi connectivity index (χ3v) is 5.41. The summed E-state index contributed by atoms with van der Waals surface area (Å²) in [5.74, 6) is -0.603. The number of hydrogen-bond donors (Lipinski definition) is 0. The first kappa shape index (κ1) is 20.1. The van der Waals surface area contributed by atoms with E-state index in [-0.39, 0.29) is 0 Å². The van der Waals surface area contributed by atoms with Crippen LogP contribution >= 0.6 is 11.3 Å². The maximum atomic E-state index is 13.1. The number of carbonyl (C=O) groups excluding carboxylic acids is 1. The van der Waals surface area contributed by atoms with Crippen LogP contribution in [0.5, 0.6) is 0 Å². The van der Waals surface area contributed by atoms with E-state index in [0.29, 0.717) is 23.2 Å². The van der Waals surface area contributed by atoms with Gasteiger partial charge in [0.15, 0.2) is 0 Å². The fourth-order valence-corrected chi connectivity index (χ4v) is 4.14. The minimum atomic E-state index is -0.685. The molecule has 28 heavy (non-hydrogen) atoms. The van der Waals surface area contributed by atoms with E-state index in [9.17, 15) is 14.4 Å². The molecule has 0 aliphatic carbocycles. The molecule has 0 aliphatic rings. The predicted octanol–water partition coefficient (Wildman–Crippen LogP) is 3.12. The van der Waals surface area contributed by atoms with E-state index in [4.69, 9.17) is 4.74 Å². The van der Waals surface area contributed by atoms with Crippen LogP contribution in [0.2, 0.25) is 0 Å². The van der Waals surface area contributed by atoms with Gasteiger partial charge in [-0.3, -0.25) is 14.2 Å².